The molecule has 1 aliphatic heterocycles. The summed E-state index contributed by atoms with van der Waals surface area (Å²) in [6, 6.07) is 7.38. The summed E-state index contributed by atoms with van der Waals surface area (Å²) in [6.45, 7) is 1.34. The Balaban J connectivity index is 1.83. The molecular weight excluding hydrogens is 268 g/mol. The number of carbonyl (C=O) groups excluding carboxylic acids is 1. The number of aryl methyl sites for hydroxylation is 1. The number of ether oxygens (including phenoxy) is 1. The first-order chi connectivity index (χ1) is 10.2. The van der Waals surface area contributed by atoms with Crippen LogP contribution in [0.25, 0.3) is 0 Å². The highest BCUT2D eigenvalue weighted by molar-refractivity contribution is 5.97. The van der Waals surface area contributed by atoms with Gasteiger partial charge in [0.25, 0.3) is 0 Å². The molecule has 2 heterocycles. The summed E-state index contributed by atoms with van der Waals surface area (Å²) in [6.07, 6.45) is 1.95. The van der Waals surface area contributed by atoms with Crippen molar-refractivity contribution in [2.24, 2.45) is 7.05 Å². The first-order valence-corrected chi connectivity index (χ1v) is 6.86. The fourth-order valence-corrected chi connectivity index (χ4v) is 2.62. The lowest BCUT2D eigenvalue weighted by atomic mass is 9.97. The average molecular weight is 286 g/mol. The Morgan fingerprint density at radius 1 is 1.48 bits per heavy atom. The molecule has 0 aliphatic carbocycles. The standard InChI is InChI=1S/C15H18N4O2/c1-19-9-10-7-16-8-11(14(10)18-19)15(20)17-12-5-3-4-6-13(12)21-2/h3-6,9,11,16H,7-8H2,1-2H3,(H,17,20)/t11-/m1/s1. The molecule has 1 atom stereocenters. The number of para-hydroxylation sites is 2. The Morgan fingerprint density at radius 2 is 2.29 bits per heavy atom. The number of nitrogens with one attached hydrogen (secondary N) is 2. The number of hydrogen-bond donors (Lipinski definition) is 2. The van der Waals surface area contributed by atoms with Crippen LogP contribution < -0.4 is 15.4 Å². The highest BCUT2D eigenvalue weighted by atomic mass is 16.5. The quantitative estimate of drug-likeness (QED) is 0.891. The van der Waals surface area contributed by atoms with Crippen molar-refractivity contribution in [2.75, 3.05) is 19.0 Å². The minimum absolute atomic E-state index is 0.0772. The van der Waals surface area contributed by atoms with E-state index in [9.17, 15) is 4.79 Å². The largest absolute Gasteiger partial charge is 0.495 e. The molecule has 1 aliphatic rings. The SMILES string of the molecule is COc1ccccc1NC(=O)[C@@H]1CNCc2cn(C)nc21. The number of anilines is 1. The average Bonchev–Trinajstić information content (AvgIpc) is 2.87. The number of hydrogen-bond acceptors (Lipinski definition) is 4. The first kappa shape index (κ1) is 13.6. The van der Waals surface area contributed by atoms with E-state index in [1.807, 2.05) is 37.5 Å². The normalized spacial score (nSPS) is 17.1. The molecule has 1 aromatic carbocycles. The van der Waals surface area contributed by atoms with E-state index in [1.165, 1.54) is 0 Å². The maximum absolute atomic E-state index is 12.6. The van der Waals surface area contributed by atoms with E-state index >= 15 is 0 Å². The van der Waals surface area contributed by atoms with Crippen LogP contribution >= 0.6 is 0 Å². The molecule has 0 fully saturated rings. The van der Waals surface area contributed by atoms with E-state index in [1.54, 1.807) is 11.8 Å². The molecule has 0 radical (unpaired) electrons. The van der Waals surface area contributed by atoms with Crippen LogP contribution in [-0.2, 0) is 18.4 Å². The molecule has 3 rings (SSSR count). The molecule has 0 bridgehead atoms. The number of rotatable bonds is 3. The number of aromatic nitrogens is 2. The Hall–Kier alpha value is -2.34. The number of methoxy groups -OCH3 is 1. The highest BCUT2D eigenvalue weighted by Gasteiger charge is 2.29. The van der Waals surface area contributed by atoms with Crippen molar-refractivity contribution in [3.8, 4) is 5.75 Å². The Kier molecular flexibility index (Phi) is 3.62. The van der Waals surface area contributed by atoms with Gasteiger partial charge in [-0.05, 0) is 12.1 Å². The van der Waals surface area contributed by atoms with Crippen molar-refractivity contribution in [3.63, 3.8) is 0 Å². The fourth-order valence-electron chi connectivity index (χ4n) is 2.62. The summed E-state index contributed by atoms with van der Waals surface area (Å²) in [5.74, 6) is 0.280. The van der Waals surface area contributed by atoms with Crippen LogP contribution in [0, 0.1) is 0 Å². The summed E-state index contributed by atoms with van der Waals surface area (Å²) in [7, 11) is 3.46. The maximum atomic E-state index is 12.6. The molecule has 0 saturated carbocycles. The zero-order valence-corrected chi connectivity index (χ0v) is 12.1. The molecule has 2 N–H and O–H groups in total. The van der Waals surface area contributed by atoms with Gasteiger partial charge in [-0.3, -0.25) is 9.48 Å². The second-order valence-electron chi connectivity index (χ2n) is 5.09. The predicted molar refractivity (Wildman–Crippen MR) is 79.3 cm³/mol. The van der Waals surface area contributed by atoms with Gasteiger partial charge in [0.2, 0.25) is 5.91 Å². The third-order valence-electron chi connectivity index (χ3n) is 3.61. The molecule has 21 heavy (non-hydrogen) atoms. The van der Waals surface area contributed by atoms with E-state index in [-0.39, 0.29) is 11.8 Å². The lowest BCUT2D eigenvalue weighted by molar-refractivity contribution is -0.117. The number of fused-ring (bicyclic) bond motifs is 1. The van der Waals surface area contributed by atoms with Crippen LogP contribution in [0.15, 0.2) is 30.5 Å². The number of carbonyl (C=O) groups is 1. The number of nitrogens with zero attached hydrogens (tertiary/aromatic N) is 2. The van der Waals surface area contributed by atoms with Crippen LogP contribution in [0.1, 0.15) is 17.2 Å². The van der Waals surface area contributed by atoms with Gasteiger partial charge in [0, 0.05) is 31.9 Å². The van der Waals surface area contributed by atoms with Gasteiger partial charge in [0.05, 0.1) is 24.4 Å². The molecule has 110 valence electrons. The van der Waals surface area contributed by atoms with Crippen LogP contribution in [0.3, 0.4) is 0 Å². The second-order valence-corrected chi connectivity index (χ2v) is 5.09. The lowest BCUT2D eigenvalue weighted by Crippen LogP contribution is -2.35. The molecule has 0 saturated heterocycles. The molecule has 1 aromatic heterocycles. The van der Waals surface area contributed by atoms with Gasteiger partial charge < -0.3 is 15.4 Å². The van der Waals surface area contributed by atoms with Crippen LogP contribution in [-0.4, -0.2) is 29.3 Å². The van der Waals surface area contributed by atoms with Gasteiger partial charge in [-0.25, -0.2) is 0 Å². The Bertz CT molecular complexity index is 665. The summed E-state index contributed by atoms with van der Waals surface area (Å²) in [5.41, 5.74) is 2.60. The summed E-state index contributed by atoms with van der Waals surface area (Å²) in [5, 5.41) is 10.6. The fraction of sp³-hybridized carbons (Fsp3) is 0.333. The summed E-state index contributed by atoms with van der Waals surface area (Å²) < 4.78 is 7.01. The second kappa shape index (κ2) is 5.57. The van der Waals surface area contributed by atoms with Crippen LogP contribution in [0.2, 0.25) is 0 Å². The van der Waals surface area contributed by atoms with Crippen molar-refractivity contribution >= 4 is 11.6 Å². The van der Waals surface area contributed by atoms with Crippen molar-refractivity contribution < 1.29 is 9.53 Å². The molecular formula is C15H18N4O2. The third-order valence-corrected chi connectivity index (χ3v) is 3.61. The van der Waals surface area contributed by atoms with Gasteiger partial charge in [-0.2, -0.15) is 5.10 Å². The van der Waals surface area contributed by atoms with E-state index in [0.717, 1.165) is 17.8 Å². The smallest absolute Gasteiger partial charge is 0.235 e. The van der Waals surface area contributed by atoms with Gasteiger partial charge >= 0.3 is 0 Å². The molecule has 6 nitrogen and oxygen atoms in total. The minimum Gasteiger partial charge on any atom is -0.495 e. The van der Waals surface area contributed by atoms with E-state index in [4.69, 9.17) is 4.74 Å². The zero-order chi connectivity index (χ0) is 14.8. The van der Waals surface area contributed by atoms with Crippen molar-refractivity contribution in [1.82, 2.24) is 15.1 Å². The lowest BCUT2D eigenvalue weighted by Gasteiger charge is -2.22. The summed E-state index contributed by atoms with van der Waals surface area (Å²) >= 11 is 0. The first-order valence-electron chi connectivity index (χ1n) is 6.86. The molecule has 6 heteroatoms. The van der Waals surface area contributed by atoms with E-state index in [2.05, 4.69) is 15.7 Å². The molecule has 1 amide bonds. The van der Waals surface area contributed by atoms with Crippen molar-refractivity contribution in [2.45, 2.75) is 12.5 Å². The highest BCUT2D eigenvalue weighted by Crippen LogP contribution is 2.27. The monoisotopic (exact) mass is 286 g/mol. The topological polar surface area (TPSA) is 68.2 Å². The number of amides is 1. The maximum Gasteiger partial charge on any atom is 0.235 e. The van der Waals surface area contributed by atoms with E-state index in [0.29, 0.717) is 18.0 Å². The van der Waals surface area contributed by atoms with Gasteiger partial charge in [0.15, 0.2) is 0 Å². The molecule has 0 spiro atoms. The van der Waals surface area contributed by atoms with Crippen molar-refractivity contribution in [3.05, 3.63) is 41.7 Å². The van der Waals surface area contributed by atoms with Crippen LogP contribution in [0.4, 0.5) is 5.69 Å². The summed E-state index contributed by atoms with van der Waals surface area (Å²) in [4.78, 5) is 12.6. The third kappa shape index (κ3) is 2.62. The van der Waals surface area contributed by atoms with Crippen molar-refractivity contribution in [1.29, 1.82) is 0 Å². The molecule has 0 unspecified atom stereocenters. The van der Waals surface area contributed by atoms with Crippen LogP contribution in [0.5, 0.6) is 5.75 Å². The van der Waals surface area contributed by atoms with E-state index < -0.39 is 0 Å². The number of benzene rings is 1. The van der Waals surface area contributed by atoms with Gasteiger partial charge in [0.1, 0.15) is 5.75 Å². The Labute approximate surface area is 123 Å². The molecule has 2 aromatic rings. The van der Waals surface area contributed by atoms with Gasteiger partial charge in [-0.15, -0.1) is 0 Å². The predicted octanol–water partition coefficient (Wildman–Crippen LogP) is 1.25. The van der Waals surface area contributed by atoms with Gasteiger partial charge in [-0.1, -0.05) is 12.1 Å². The zero-order valence-electron chi connectivity index (χ0n) is 12.1. The Morgan fingerprint density at radius 3 is 3.10 bits per heavy atom. The minimum atomic E-state index is -0.292.